The number of nitrogens with zero attached hydrogens (tertiary/aromatic N) is 1. The summed E-state index contributed by atoms with van der Waals surface area (Å²) in [6.07, 6.45) is -0.940. The molecule has 3 rings (SSSR count). The van der Waals surface area contributed by atoms with Gasteiger partial charge < -0.3 is 9.47 Å². The third kappa shape index (κ3) is 5.19. The summed E-state index contributed by atoms with van der Waals surface area (Å²) >= 11 is 0. The largest absolute Gasteiger partial charge is 0.457 e. The average molecular weight is 396 g/mol. The van der Waals surface area contributed by atoms with Crippen LogP contribution in [0, 0.1) is 0 Å². The lowest BCUT2D eigenvalue weighted by atomic mass is 10.0. The van der Waals surface area contributed by atoms with Gasteiger partial charge in [0.25, 0.3) is 0 Å². The monoisotopic (exact) mass is 396 g/mol. The third-order valence-electron chi connectivity index (χ3n) is 4.25. The molecule has 150 valence electrons. The molecule has 1 aliphatic rings. The number of hydrogen-bond acceptors (Lipinski definition) is 6. The summed E-state index contributed by atoms with van der Waals surface area (Å²) in [5.41, 5.74) is 3.99. The molecule has 1 atom stereocenters. The molecule has 1 saturated heterocycles. The first kappa shape index (κ1) is 20.1. The van der Waals surface area contributed by atoms with Crippen molar-refractivity contribution in [1.82, 2.24) is 10.4 Å². The van der Waals surface area contributed by atoms with Gasteiger partial charge in [0.15, 0.2) is 0 Å². The number of nitrogens with one attached hydrogen (secondary N) is 1. The summed E-state index contributed by atoms with van der Waals surface area (Å²) in [6.45, 7) is 1.34. The molecule has 1 unspecified atom stereocenters. The standard InChI is InChI=1S/C21H20N2O6/c1-14(24)29-20-12-19(26)23(20)22-18(25)11-16-9-5-6-10-17(16)21(27)28-13-15-7-3-2-4-8-15/h2-10,20H,11-13H2,1H3,(H,22,25). The molecule has 1 fully saturated rings. The van der Waals surface area contributed by atoms with Crippen molar-refractivity contribution >= 4 is 23.8 Å². The number of carbonyl (C=O) groups is 4. The molecule has 8 heteroatoms. The van der Waals surface area contributed by atoms with Crippen LogP contribution in [0.2, 0.25) is 0 Å². The van der Waals surface area contributed by atoms with Gasteiger partial charge in [0, 0.05) is 6.92 Å². The van der Waals surface area contributed by atoms with Crippen LogP contribution < -0.4 is 5.43 Å². The molecule has 1 N–H and O–H groups in total. The maximum atomic E-state index is 12.5. The highest BCUT2D eigenvalue weighted by molar-refractivity contribution is 5.93. The summed E-state index contributed by atoms with van der Waals surface area (Å²) in [5.74, 6) is -1.97. The van der Waals surface area contributed by atoms with Gasteiger partial charge in [0.05, 0.1) is 18.4 Å². The second-order valence-electron chi connectivity index (χ2n) is 6.46. The highest BCUT2D eigenvalue weighted by atomic mass is 16.6. The molecule has 2 aromatic carbocycles. The summed E-state index contributed by atoms with van der Waals surface area (Å²) in [4.78, 5) is 47.5. The van der Waals surface area contributed by atoms with E-state index in [9.17, 15) is 19.2 Å². The molecule has 0 saturated carbocycles. The van der Waals surface area contributed by atoms with Crippen molar-refractivity contribution in [3.63, 3.8) is 0 Å². The molecule has 8 nitrogen and oxygen atoms in total. The quantitative estimate of drug-likeness (QED) is 0.565. The molecule has 29 heavy (non-hydrogen) atoms. The highest BCUT2D eigenvalue weighted by Crippen LogP contribution is 2.18. The Bertz CT molecular complexity index is 928. The van der Waals surface area contributed by atoms with Gasteiger partial charge in [-0.25, -0.2) is 9.80 Å². The summed E-state index contributed by atoms with van der Waals surface area (Å²) in [6, 6.07) is 15.8. The van der Waals surface area contributed by atoms with Crippen molar-refractivity contribution in [2.24, 2.45) is 0 Å². The zero-order chi connectivity index (χ0) is 20.8. The number of hydrogen-bond donors (Lipinski definition) is 1. The van der Waals surface area contributed by atoms with Crippen molar-refractivity contribution in [1.29, 1.82) is 0 Å². The fraction of sp³-hybridized carbons (Fsp3) is 0.238. The van der Waals surface area contributed by atoms with E-state index in [0.717, 1.165) is 10.6 Å². The SMILES string of the molecule is CC(=O)OC1CC(=O)N1NC(=O)Cc1ccccc1C(=O)OCc1ccccc1. The van der Waals surface area contributed by atoms with Crippen molar-refractivity contribution < 1.29 is 28.7 Å². The van der Waals surface area contributed by atoms with Crippen LogP contribution in [0.15, 0.2) is 54.6 Å². The summed E-state index contributed by atoms with van der Waals surface area (Å²) in [5, 5.41) is 0.972. The van der Waals surface area contributed by atoms with Gasteiger partial charge in [-0.05, 0) is 17.2 Å². The molecule has 0 radical (unpaired) electrons. The maximum Gasteiger partial charge on any atom is 0.338 e. The van der Waals surface area contributed by atoms with Gasteiger partial charge in [0.1, 0.15) is 6.61 Å². The normalized spacial score (nSPS) is 15.3. The number of β-lactam (4-membered cyclic amide) rings is 1. The van der Waals surface area contributed by atoms with E-state index in [0.29, 0.717) is 5.56 Å². The van der Waals surface area contributed by atoms with Crippen molar-refractivity contribution in [2.75, 3.05) is 0 Å². The second kappa shape index (κ2) is 9.01. The van der Waals surface area contributed by atoms with Gasteiger partial charge in [-0.2, -0.15) is 0 Å². The first-order chi connectivity index (χ1) is 13.9. The van der Waals surface area contributed by atoms with Gasteiger partial charge in [0.2, 0.25) is 18.0 Å². The second-order valence-corrected chi connectivity index (χ2v) is 6.46. The summed E-state index contributed by atoms with van der Waals surface area (Å²) in [7, 11) is 0. The lowest BCUT2D eigenvalue weighted by molar-refractivity contribution is -0.191. The predicted molar refractivity (Wildman–Crippen MR) is 101 cm³/mol. The summed E-state index contributed by atoms with van der Waals surface area (Å²) < 4.78 is 10.3. The van der Waals surface area contributed by atoms with E-state index < -0.39 is 24.1 Å². The molecule has 1 heterocycles. The van der Waals surface area contributed by atoms with Crippen LogP contribution in [0.3, 0.4) is 0 Å². The van der Waals surface area contributed by atoms with Gasteiger partial charge in [-0.1, -0.05) is 48.5 Å². The number of rotatable bonds is 7. The molecular formula is C21H20N2O6. The Morgan fingerprint density at radius 1 is 1.07 bits per heavy atom. The van der Waals surface area contributed by atoms with E-state index in [4.69, 9.17) is 9.47 Å². The fourth-order valence-corrected chi connectivity index (χ4v) is 2.83. The number of esters is 2. The van der Waals surface area contributed by atoms with Gasteiger partial charge in [-0.3, -0.25) is 19.8 Å². The number of hydrazine groups is 1. The molecule has 0 aliphatic carbocycles. The molecule has 2 aromatic rings. The third-order valence-corrected chi connectivity index (χ3v) is 4.25. The van der Waals surface area contributed by atoms with Crippen LogP contribution in [0.5, 0.6) is 0 Å². The van der Waals surface area contributed by atoms with E-state index in [1.165, 1.54) is 6.92 Å². The molecule has 0 spiro atoms. The van der Waals surface area contributed by atoms with Crippen molar-refractivity contribution in [2.45, 2.75) is 32.6 Å². The number of carbonyl (C=O) groups excluding carboxylic acids is 4. The van der Waals surface area contributed by atoms with Crippen LogP contribution in [-0.4, -0.2) is 35.0 Å². The predicted octanol–water partition coefficient (Wildman–Crippen LogP) is 1.74. The molecule has 0 aromatic heterocycles. The zero-order valence-electron chi connectivity index (χ0n) is 15.8. The molecule has 1 aliphatic heterocycles. The van der Waals surface area contributed by atoms with Crippen LogP contribution in [0.25, 0.3) is 0 Å². The molecular weight excluding hydrogens is 376 g/mol. The van der Waals surface area contributed by atoms with Crippen molar-refractivity contribution in [3.05, 3.63) is 71.3 Å². The zero-order valence-corrected chi connectivity index (χ0v) is 15.8. The maximum absolute atomic E-state index is 12.5. The minimum absolute atomic E-state index is 0.0161. The fourth-order valence-electron chi connectivity index (χ4n) is 2.83. The van der Waals surface area contributed by atoms with Crippen LogP contribution in [-0.2, 0) is 36.9 Å². The van der Waals surface area contributed by atoms with E-state index in [1.807, 2.05) is 30.3 Å². The highest BCUT2D eigenvalue weighted by Gasteiger charge is 2.40. The average Bonchev–Trinajstić information content (AvgIpc) is 2.71. The first-order valence-corrected chi connectivity index (χ1v) is 9.02. The number of benzene rings is 2. The minimum Gasteiger partial charge on any atom is -0.457 e. The van der Waals surface area contributed by atoms with Crippen LogP contribution in [0.1, 0.15) is 34.8 Å². The number of amides is 2. The lowest BCUT2D eigenvalue weighted by Crippen LogP contribution is -2.62. The lowest BCUT2D eigenvalue weighted by Gasteiger charge is -2.38. The van der Waals surface area contributed by atoms with Gasteiger partial charge >= 0.3 is 11.9 Å². The Hall–Kier alpha value is -3.68. The van der Waals surface area contributed by atoms with E-state index >= 15 is 0 Å². The Kier molecular flexibility index (Phi) is 6.23. The van der Waals surface area contributed by atoms with E-state index in [1.54, 1.807) is 24.3 Å². The van der Waals surface area contributed by atoms with E-state index in [-0.39, 0.29) is 30.9 Å². The Morgan fingerprint density at radius 2 is 1.76 bits per heavy atom. The first-order valence-electron chi connectivity index (χ1n) is 9.02. The van der Waals surface area contributed by atoms with Crippen LogP contribution >= 0.6 is 0 Å². The van der Waals surface area contributed by atoms with E-state index in [2.05, 4.69) is 5.43 Å². The minimum atomic E-state index is -0.810. The Morgan fingerprint density at radius 3 is 2.45 bits per heavy atom. The molecule has 0 bridgehead atoms. The topological polar surface area (TPSA) is 102 Å². The van der Waals surface area contributed by atoms with Crippen LogP contribution in [0.4, 0.5) is 0 Å². The molecule has 2 amide bonds. The van der Waals surface area contributed by atoms with Crippen molar-refractivity contribution in [3.8, 4) is 0 Å². The van der Waals surface area contributed by atoms with Gasteiger partial charge in [-0.15, -0.1) is 0 Å². The Labute approximate surface area is 167 Å². The Balaban J connectivity index is 1.61. The smallest absolute Gasteiger partial charge is 0.338 e. The number of ether oxygens (including phenoxy) is 2.